The number of phenols is 1. The molecule has 1 aliphatic carbocycles. The number of aryl methyl sites for hydroxylation is 1. The highest BCUT2D eigenvalue weighted by Crippen LogP contribution is 2.30. The van der Waals surface area contributed by atoms with E-state index in [9.17, 15) is 14.7 Å². The molecule has 4 rings (SSSR count). The SMILES string of the molecule is N=C(N)c1ccc(O)c(CCC2CCCN2C(=O)C2C=CC(c3ccc(=O)[nH]c3)=CC2)c1. The third kappa shape index (κ3) is 4.66. The minimum absolute atomic E-state index is 0.0257. The first-order valence-electron chi connectivity index (χ1n) is 11.0. The topological polar surface area (TPSA) is 123 Å². The van der Waals surface area contributed by atoms with Crippen LogP contribution in [-0.2, 0) is 11.2 Å². The van der Waals surface area contributed by atoms with Crippen molar-refractivity contribution in [2.24, 2.45) is 11.7 Å². The van der Waals surface area contributed by atoms with Gasteiger partial charge in [0.15, 0.2) is 0 Å². The van der Waals surface area contributed by atoms with Crippen molar-refractivity contribution in [3.05, 3.63) is 81.8 Å². The predicted octanol–water partition coefficient (Wildman–Crippen LogP) is 2.95. The summed E-state index contributed by atoms with van der Waals surface area (Å²) in [5, 5.41) is 17.8. The molecule has 0 bridgehead atoms. The van der Waals surface area contributed by atoms with E-state index in [0.29, 0.717) is 18.4 Å². The number of hydrogen-bond donors (Lipinski definition) is 4. The van der Waals surface area contributed by atoms with Crippen molar-refractivity contribution in [3.8, 4) is 5.75 Å². The van der Waals surface area contributed by atoms with Gasteiger partial charge in [0.2, 0.25) is 11.5 Å². The lowest BCUT2D eigenvalue weighted by atomic mass is 9.92. The van der Waals surface area contributed by atoms with Crippen molar-refractivity contribution in [2.75, 3.05) is 6.54 Å². The van der Waals surface area contributed by atoms with Crippen molar-refractivity contribution in [2.45, 2.75) is 38.1 Å². The highest BCUT2D eigenvalue weighted by Gasteiger charge is 2.32. The fourth-order valence-corrected chi connectivity index (χ4v) is 4.52. The summed E-state index contributed by atoms with van der Waals surface area (Å²) in [6.07, 6.45) is 11.6. The summed E-state index contributed by atoms with van der Waals surface area (Å²) in [4.78, 5) is 29.2. The Morgan fingerprint density at radius 3 is 2.81 bits per heavy atom. The number of carbonyl (C=O) groups is 1. The molecular formula is C25H28N4O3. The Balaban J connectivity index is 1.39. The van der Waals surface area contributed by atoms with E-state index < -0.39 is 0 Å². The molecule has 1 aromatic carbocycles. The molecule has 1 fully saturated rings. The number of rotatable bonds is 6. The summed E-state index contributed by atoms with van der Waals surface area (Å²) >= 11 is 0. The van der Waals surface area contributed by atoms with Crippen molar-refractivity contribution >= 4 is 17.3 Å². The molecule has 32 heavy (non-hydrogen) atoms. The summed E-state index contributed by atoms with van der Waals surface area (Å²) in [5.41, 5.74) is 8.71. The van der Waals surface area contributed by atoms with Crippen LogP contribution in [0.25, 0.3) is 5.57 Å². The largest absolute Gasteiger partial charge is 0.508 e. The lowest BCUT2D eigenvalue weighted by Gasteiger charge is -2.28. The molecule has 2 aliphatic rings. The number of likely N-dealkylation sites (tertiary alicyclic amines) is 1. The highest BCUT2D eigenvalue weighted by molar-refractivity contribution is 5.95. The number of amidine groups is 1. The molecule has 166 valence electrons. The van der Waals surface area contributed by atoms with Crippen molar-refractivity contribution in [3.63, 3.8) is 0 Å². The molecular weight excluding hydrogens is 404 g/mol. The first-order chi connectivity index (χ1) is 15.4. The van der Waals surface area contributed by atoms with Crippen LogP contribution in [-0.4, -0.2) is 39.3 Å². The van der Waals surface area contributed by atoms with Crippen LogP contribution in [0.2, 0.25) is 0 Å². The molecule has 1 aromatic heterocycles. The number of aromatic amines is 1. The predicted molar refractivity (Wildman–Crippen MR) is 124 cm³/mol. The number of benzene rings is 1. The van der Waals surface area contributed by atoms with E-state index in [4.69, 9.17) is 11.1 Å². The minimum Gasteiger partial charge on any atom is -0.508 e. The summed E-state index contributed by atoms with van der Waals surface area (Å²) in [6, 6.07) is 8.39. The zero-order chi connectivity index (χ0) is 22.7. The van der Waals surface area contributed by atoms with Crippen LogP contribution in [0, 0.1) is 11.3 Å². The molecule has 7 heteroatoms. The average Bonchev–Trinajstić information content (AvgIpc) is 3.27. The van der Waals surface area contributed by atoms with Gasteiger partial charge in [-0.15, -0.1) is 0 Å². The number of nitrogen functional groups attached to an aromatic ring is 1. The van der Waals surface area contributed by atoms with E-state index in [2.05, 4.69) is 4.98 Å². The molecule has 0 saturated carbocycles. The number of aromatic nitrogens is 1. The Morgan fingerprint density at radius 2 is 2.12 bits per heavy atom. The first-order valence-corrected chi connectivity index (χ1v) is 11.0. The number of nitrogens with one attached hydrogen (secondary N) is 2. The maximum absolute atomic E-state index is 13.2. The molecule has 1 aliphatic heterocycles. The second-order valence-electron chi connectivity index (χ2n) is 8.43. The number of aromatic hydroxyl groups is 1. The van der Waals surface area contributed by atoms with Gasteiger partial charge >= 0.3 is 0 Å². The highest BCUT2D eigenvalue weighted by atomic mass is 16.3. The second kappa shape index (κ2) is 9.26. The van der Waals surface area contributed by atoms with Gasteiger partial charge in [-0.2, -0.15) is 0 Å². The van der Waals surface area contributed by atoms with Gasteiger partial charge in [0.1, 0.15) is 11.6 Å². The zero-order valence-corrected chi connectivity index (χ0v) is 17.9. The number of H-pyrrole nitrogens is 1. The standard InChI is InChI=1S/C25H28N4O3/c26-24(27)19-8-11-22(30)18(14-19)7-10-21-2-1-13-29(21)25(32)17-5-3-16(4-6-17)20-9-12-23(31)28-15-20/h3-5,8-9,11-12,14-15,17,21,30H,1-2,6-7,10,13H2,(H3,26,27)(H,28,31). The number of nitrogens with two attached hydrogens (primary N) is 1. The number of phenolic OH excluding ortho intramolecular Hbond substituents is 1. The maximum atomic E-state index is 13.2. The third-order valence-electron chi connectivity index (χ3n) is 6.33. The summed E-state index contributed by atoms with van der Waals surface area (Å²) in [7, 11) is 0. The van der Waals surface area contributed by atoms with Crippen LogP contribution in [0.4, 0.5) is 0 Å². The maximum Gasteiger partial charge on any atom is 0.247 e. The van der Waals surface area contributed by atoms with Crippen molar-refractivity contribution in [1.82, 2.24) is 9.88 Å². The lowest BCUT2D eigenvalue weighted by molar-refractivity contribution is -0.134. The van der Waals surface area contributed by atoms with Gasteiger partial charge in [0.05, 0.1) is 5.92 Å². The molecule has 1 amide bonds. The number of allylic oxidation sites excluding steroid dienone is 3. The van der Waals surface area contributed by atoms with Crippen molar-refractivity contribution in [1.29, 1.82) is 5.41 Å². The molecule has 7 nitrogen and oxygen atoms in total. The van der Waals surface area contributed by atoms with Gasteiger partial charge in [-0.05, 0) is 73.1 Å². The van der Waals surface area contributed by atoms with E-state index in [0.717, 1.165) is 42.5 Å². The third-order valence-corrected chi connectivity index (χ3v) is 6.33. The van der Waals surface area contributed by atoms with E-state index >= 15 is 0 Å². The van der Waals surface area contributed by atoms with Gasteiger partial charge in [0, 0.05) is 30.4 Å². The summed E-state index contributed by atoms with van der Waals surface area (Å²) in [6.45, 7) is 0.754. The monoisotopic (exact) mass is 432 g/mol. The lowest BCUT2D eigenvalue weighted by Crippen LogP contribution is -2.39. The van der Waals surface area contributed by atoms with E-state index in [-0.39, 0.29) is 35.0 Å². The number of hydrogen-bond acceptors (Lipinski definition) is 4. The molecule has 0 spiro atoms. The number of amides is 1. The van der Waals surface area contributed by atoms with Crippen LogP contribution >= 0.6 is 0 Å². The molecule has 0 radical (unpaired) electrons. The van der Waals surface area contributed by atoms with Gasteiger partial charge in [-0.25, -0.2) is 0 Å². The number of pyridine rings is 1. The minimum atomic E-state index is -0.184. The van der Waals surface area contributed by atoms with E-state index in [1.165, 1.54) is 6.07 Å². The Bertz CT molecular complexity index is 1130. The molecule has 2 heterocycles. The van der Waals surface area contributed by atoms with E-state index in [1.807, 2.05) is 23.1 Å². The fraction of sp³-hybridized carbons (Fsp3) is 0.320. The second-order valence-corrected chi connectivity index (χ2v) is 8.43. The smallest absolute Gasteiger partial charge is 0.247 e. The molecule has 2 atom stereocenters. The molecule has 1 saturated heterocycles. The van der Waals surface area contributed by atoms with Crippen molar-refractivity contribution < 1.29 is 9.90 Å². The van der Waals surface area contributed by atoms with Crippen LogP contribution in [0.3, 0.4) is 0 Å². The summed E-state index contributed by atoms with van der Waals surface area (Å²) < 4.78 is 0. The van der Waals surface area contributed by atoms with Gasteiger partial charge in [-0.1, -0.05) is 18.2 Å². The average molecular weight is 433 g/mol. The molecule has 5 N–H and O–H groups in total. The van der Waals surface area contributed by atoms with Crippen LogP contribution in [0.1, 0.15) is 42.4 Å². The molecule has 2 unspecified atom stereocenters. The normalized spacial score (nSPS) is 20.2. The van der Waals surface area contributed by atoms with Crippen LogP contribution < -0.4 is 11.3 Å². The number of nitrogens with zero attached hydrogens (tertiary/aromatic N) is 1. The van der Waals surface area contributed by atoms with Gasteiger partial charge in [-0.3, -0.25) is 15.0 Å². The van der Waals surface area contributed by atoms with Crippen LogP contribution in [0.5, 0.6) is 5.75 Å². The van der Waals surface area contributed by atoms with E-state index in [1.54, 1.807) is 30.5 Å². The van der Waals surface area contributed by atoms with Crippen LogP contribution in [0.15, 0.2) is 59.6 Å². The Kier molecular flexibility index (Phi) is 6.25. The quantitative estimate of drug-likeness (QED) is 0.414. The fourth-order valence-electron chi connectivity index (χ4n) is 4.52. The Morgan fingerprint density at radius 1 is 1.28 bits per heavy atom. The summed E-state index contributed by atoms with van der Waals surface area (Å²) in [5.74, 6) is 0.127. The Hall–Kier alpha value is -3.61. The first kappa shape index (κ1) is 21.6. The van der Waals surface area contributed by atoms with Gasteiger partial charge in [0.25, 0.3) is 0 Å². The number of carbonyl (C=O) groups excluding carboxylic acids is 1. The zero-order valence-electron chi connectivity index (χ0n) is 17.9. The van der Waals surface area contributed by atoms with Gasteiger partial charge < -0.3 is 20.7 Å². The molecule has 2 aromatic rings. The Labute approximate surface area is 186 Å².